The summed E-state index contributed by atoms with van der Waals surface area (Å²) in [5.74, 6) is -0.341. The van der Waals surface area contributed by atoms with Crippen molar-refractivity contribution in [3.05, 3.63) is 70.5 Å². The molecule has 0 aliphatic heterocycles. The first-order chi connectivity index (χ1) is 12.6. The van der Waals surface area contributed by atoms with Crippen molar-refractivity contribution in [3.8, 4) is 0 Å². The zero-order valence-corrected chi connectivity index (χ0v) is 14.8. The number of aryl methyl sites for hydroxylation is 2. The van der Waals surface area contributed by atoms with E-state index in [1.165, 1.54) is 36.1 Å². The maximum Gasteiger partial charge on any atom is 0.254 e. The van der Waals surface area contributed by atoms with Crippen molar-refractivity contribution in [2.75, 3.05) is 6.54 Å². The maximum atomic E-state index is 13.1. The van der Waals surface area contributed by atoms with Gasteiger partial charge in [-0.25, -0.2) is 4.39 Å². The molecule has 4 heteroatoms. The largest absolute Gasteiger partial charge is 0.387 e. The number of hydrogen-bond donors (Lipinski definition) is 1. The van der Waals surface area contributed by atoms with Crippen LogP contribution in [0, 0.1) is 5.82 Å². The minimum Gasteiger partial charge on any atom is -0.387 e. The number of benzene rings is 2. The Balaban J connectivity index is 1.52. The molecule has 0 unspecified atom stereocenters. The fraction of sp³-hybridized carbons (Fsp3) is 0.409. The molecule has 0 saturated heterocycles. The second kappa shape index (κ2) is 7.20. The van der Waals surface area contributed by atoms with Gasteiger partial charge in [0.05, 0.1) is 12.6 Å². The van der Waals surface area contributed by atoms with Crippen molar-refractivity contribution >= 4 is 5.91 Å². The summed E-state index contributed by atoms with van der Waals surface area (Å²) < 4.78 is 13.1. The van der Waals surface area contributed by atoms with Crippen LogP contribution in [0.25, 0.3) is 0 Å². The summed E-state index contributed by atoms with van der Waals surface area (Å²) in [6.45, 7) is 0.242. The number of carbonyl (C=O) groups excluding carboxylic acids is 1. The maximum absolute atomic E-state index is 13.1. The summed E-state index contributed by atoms with van der Waals surface area (Å²) in [5.41, 5.74) is 3.99. The van der Waals surface area contributed by atoms with E-state index in [1.807, 2.05) is 12.1 Å². The van der Waals surface area contributed by atoms with Crippen molar-refractivity contribution in [1.29, 1.82) is 0 Å². The third-order valence-electron chi connectivity index (χ3n) is 5.47. The molecule has 1 saturated carbocycles. The molecule has 2 aliphatic carbocycles. The average Bonchev–Trinajstić information content (AvgIpc) is 3.50. The number of nitrogens with zero attached hydrogens (tertiary/aromatic N) is 1. The standard InChI is InChI=1S/C22H24FNO2/c23-19-9-7-16(8-10-19)21(25)14-24(20-11-12-20)22(26)18-6-5-15-3-1-2-4-17(15)13-18/h5-10,13,20-21,25H,1-4,11-12,14H2/t21-/m0/s1. The van der Waals surface area contributed by atoms with Crippen LogP contribution in [-0.4, -0.2) is 28.5 Å². The molecule has 2 aromatic rings. The summed E-state index contributed by atoms with van der Waals surface area (Å²) >= 11 is 0. The van der Waals surface area contributed by atoms with Crippen LogP contribution in [0.5, 0.6) is 0 Å². The van der Waals surface area contributed by atoms with E-state index >= 15 is 0 Å². The monoisotopic (exact) mass is 353 g/mol. The molecule has 136 valence electrons. The lowest BCUT2D eigenvalue weighted by Gasteiger charge is -2.26. The Labute approximate surface area is 153 Å². The lowest BCUT2D eigenvalue weighted by atomic mass is 9.90. The highest BCUT2D eigenvalue weighted by Gasteiger charge is 2.34. The minimum atomic E-state index is -0.808. The van der Waals surface area contributed by atoms with Crippen LogP contribution >= 0.6 is 0 Å². The third kappa shape index (κ3) is 3.65. The van der Waals surface area contributed by atoms with Crippen molar-refractivity contribution < 1.29 is 14.3 Å². The Morgan fingerprint density at radius 3 is 2.46 bits per heavy atom. The van der Waals surface area contributed by atoms with E-state index in [0.29, 0.717) is 11.1 Å². The lowest BCUT2D eigenvalue weighted by Crippen LogP contribution is -2.36. The number of amides is 1. The Hall–Kier alpha value is -2.20. The molecule has 4 rings (SSSR count). The molecule has 3 nitrogen and oxygen atoms in total. The van der Waals surface area contributed by atoms with Crippen LogP contribution in [-0.2, 0) is 12.8 Å². The Kier molecular flexibility index (Phi) is 4.77. The first kappa shape index (κ1) is 17.2. The van der Waals surface area contributed by atoms with Crippen LogP contribution in [0.15, 0.2) is 42.5 Å². The van der Waals surface area contributed by atoms with Gasteiger partial charge in [0, 0.05) is 11.6 Å². The second-order valence-corrected chi connectivity index (χ2v) is 7.45. The number of carbonyl (C=O) groups is 1. The van der Waals surface area contributed by atoms with Crippen molar-refractivity contribution in [1.82, 2.24) is 4.90 Å². The fourth-order valence-corrected chi connectivity index (χ4v) is 3.79. The number of hydrogen-bond acceptors (Lipinski definition) is 2. The number of fused-ring (bicyclic) bond motifs is 1. The van der Waals surface area contributed by atoms with Gasteiger partial charge in [-0.2, -0.15) is 0 Å². The first-order valence-electron chi connectivity index (χ1n) is 9.48. The average molecular weight is 353 g/mol. The van der Waals surface area contributed by atoms with Crippen molar-refractivity contribution in [2.45, 2.75) is 50.7 Å². The van der Waals surface area contributed by atoms with Gasteiger partial charge in [0.1, 0.15) is 5.82 Å². The predicted octanol–water partition coefficient (Wildman–Crippen LogP) is 4.04. The summed E-state index contributed by atoms with van der Waals surface area (Å²) in [6, 6.07) is 12.1. The smallest absolute Gasteiger partial charge is 0.254 e. The quantitative estimate of drug-likeness (QED) is 0.881. The predicted molar refractivity (Wildman–Crippen MR) is 98.5 cm³/mol. The highest BCUT2D eigenvalue weighted by atomic mass is 19.1. The molecule has 1 fully saturated rings. The van der Waals surface area contributed by atoms with E-state index < -0.39 is 6.10 Å². The molecular formula is C22H24FNO2. The lowest BCUT2D eigenvalue weighted by molar-refractivity contribution is 0.0603. The molecule has 0 heterocycles. The van der Waals surface area contributed by atoms with Gasteiger partial charge in [-0.05, 0) is 79.5 Å². The minimum absolute atomic E-state index is 0.0120. The van der Waals surface area contributed by atoms with E-state index in [0.717, 1.165) is 25.7 Å². The van der Waals surface area contributed by atoms with Crippen LogP contribution in [0.1, 0.15) is 58.8 Å². The van der Waals surface area contributed by atoms with Gasteiger partial charge >= 0.3 is 0 Å². The van der Waals surface area contributed by atoms with Crippen molar-refractivity contribution in [2.24, 2.45) is 0 Å². The summed E-state index contributed by atoms with van der Waals surface area (Å²) in [5, 5.41) is 10.5. The molecular weight excluding hydrogens is 329 g/mol. The highest BCUT2D eigenvalue weighted by molar-refractivity contribution is 5.95. The van der Waals surface area contributed by atoms with E-state index in [-0.39, 0.29) is 24.3 Å². The van der Waals surface area contributed by atoms with E-state index in [4.69, 9.17) is 0 Å². The SMILES string of the molecule is O=C(c1ccc2c(c1)CCCC2)N(C[C@H](O)c1ccc(F)cc1)C1CC1. The Morgan fingerprint density at radius 2 is 1.77 bits per heavy atom. The molecule has 0 bridgehead atoms. The highest BCUT2D eigenvalue weighted by Crippen LogP contribution is 2.31. The molecule has 0 spiro atoms. The van der Waals surface area contributed by atoms with E-state index in [1.54, 1.807) is 17.0 Å². The molecule has 0 aromatic heterocycles. The zero-order chi connectivity index (χ0) is 18.1. The topological polar surface area (TPSA) is 40.5 Å². The summed E-state index contributed by atoms with van der Waals surface area (Å²) in [6.07, 6.45) is 5.69. The zero-order valence-electron chi connectivity index (χ0n) is 14.8. The Bertz CT molecular complexity index is 798. The van der Waals surface area contributed by atoms with Gasteiger partial charge in [0.25, 0.3) is 5.91 Å². The summed E-state index contributed by atoms with van der Waals surface area (Å²) in [4.78, 5) is 14.9. The molecule has 2 aromatic carbocycles. The van der Waals surface area contributed by atoms with Gasteiger partial charge in [0.15, 0.2) is 0 Å². The van der Waals surface area contributed by atoms with Gasteiger partial charge in [0.2, 0.25) is 0 Å². The van der Waals surface area contributed by atoms with Gasteiger partial charge < -0.3 is 10.0 Å². The molecule has 0 radical (unpaired) electrons. The van der Waals surface area contributed by atoms with Crippen LogP contribution < -0.4 is 0 Å². The summed E-state index contributed by atoms with van der Waals surface area (Å²) in [7, 11) is 0. The number of aliphatic hydroxyl groups is 1. The van der Waals surface area contributed by atoms with Crippen LogP contribution in [0.4, 0.5) is 4.39 Å². The molecule has 1 atom stereocenters. The first-order valence-corrected chi connectivity index (χ1v) is 9.48. The van der Waals surface area contributed by atoms with Gasteiger partial charge in [-0.15, -0.1) is 0 Å². The molecule has 2 aliphatic rings. The molecule has 1 amide bonds. The number of aliphatic hydroxyl groups excluding tert-OH is 1. The second-order valence-electron chi connectivity index (χ2n) is 7.45. The normalized spacial score (nSPS) is 17.5. The Morgan fingerprint density at radius 1 is 1.08 bits per heavy atom. The van der Waals surface area contributed by atoms with Gasteiger partial charge in [-0.1, -0.05) is 18.2 Å². The molecule has 26 heavy (non-hydrogen) atoms. The van der Waals surface area contributed by atoms with E-state index in [2.05, 4.69) is 6.07 Å². The van der Waals surface area contributed by atoms with Crippen LogP contribution in [0.3, 0.4) is 0 Å². The number of halogens is 1. The molecule has 1 N–H and O–H groups in total. The van der Waals surface area contributed by atoms with Crippen LogP contribution in [0.2, 0.25) is 0 Å². The third-order valence-corrected chi connectivity index (χ3v) is 5.47. The van der Waals surface area contributed by atoms with Gasteiger partial charge in [-0.3, -0.25) is 4.79 Å². The fourth-order valence-electron chi connectivity index (χ4n) is 3.79. The van der Waals surface area contributed by atoms with Crippen molar-refractivity contribution in [3.63, 3.8) is 0 Å². The van der Waals surface area contributed by atoms with E-state index in [9.17, 15) is 14.3 Å². The number of rotatable bonds is 5.